The highest BCUT2D eigenvalue weighted by atomic mass is 32.1. The van der Waals surface area contributed by atoms with E-state index in [9.17, 15) is 0 Å². The number of aryl methyl sites for hydroxylation is 1. The Balaban J connectivity index is 1.27. The molecule has 218 valence electrons. The molecule has 2 heteroatoms. The van der Waals surface area contributed by atoms with Crippen molar-refractivity contribution in [1.29, 1.82) is 0 Å². The van der Waals surface area contributed by atoms with Gasteiger partial charge in [0.2, 0.25) is 0 Å². The third kappa shape index (κ3) is 7.04. The molecule has 5 aromatic carbocycles. The molecule has 0 aliphatic heterocycles. The lowest BCUT2D eigenvalue weighted by Gasteiger charge is -2.07. The van der Waals surface area contributed by atoms with Crippen LogP contribution < -0.4 is 5.73 Å². The van der Waals surface area contributed by atoms with Crippen molar-refractivity contribution in [2.75, 3.05) is 0 Å². The highest BCUT2D eigenvalue weighted by Crippen LogP contribution is 2.38. The van der Waals surface area contributed by atoms with E-state index in [-0.39, 0.29) is 0 Å². The van der Waals surface area contributed by atoms with Crippen molar-refractivity contribution >= 4 is 48.7 Å². The summed E-state index contributed by atoms with van der Waals surface area (Å²) in [5.41, 5.74) is 15.3. The number of thiophene rings is 1. The molecule has 2 N–H and O–H groups in total. The van der Waals surface area contributed by atoms with Crippen molar-refractivity contribution < 1.29 is 0 Å². The van der Waals surface area contributed by atoms with Crippen LogP contribution in [0, 0.1) is 6.92 Å². The summed E-state index contributed by atoms with van der Waals surface area (Å²) in [6.45, 7) is 2.16. The molecule has 0 spiro atoms. The van der Waals surface area contributed by atoms with E-state index in [1.54, 1.807) is 6.20 Å². The molecule has 0 aliphatic carbocycles. The Morgan fingerprint density at radius 1 is 0.556 bits per heavy atom. The largest absolute Gasteiger partial charge is 0.405 e. The van der Waals surface area contributed by atoms with Gasteiger partial charge >= 0.3 is 0 Å². The van der Waals surface area contributed by atoms with Crippen molar-refractivity contribution in [3.05, 3.63) is 198 Å². The van der Waals surface area contributed by atoms with Crippen LogP contribution in [0.25, 0.3) is 48.5 Å². The molecule has 6 aromatic rings. The first-order valence-electron chi connectivity index (χ1n) is 15.1. The summed E-state index contributed by atoms with van der Waals surface area (Å²) in [4.78, 5) is 0. The number of allylic oxidation sites excluding steroid dienone is 10. The summed E-state index contributed by atoms with van der Waals surface area (Å²) in [6, 6.07) is 42.9. The SMILES string of the molecule is Cc1ccccc1/C(C=Cc1ccc(-c2ccccc2)cc1)=C/C=C/C=C\C(=C/C=CN)c1cccc2c1sc1ccccc12. The van der Waals surface area contributed by atoms with Crippen LogP contribution >= 0.6 is 11.3 Å². The van der Waals surface area contributed by atoms with Gasteiger partial charge in [-0.3, -0.25) is 0 Å². The minimum absolute atomic E-state index is 1.11. The van der Waals surface area contributed by atoms with E-state index in [2.05, 4.69) is 171 Å². The summed E-state index contributed by atoms with van der Waals surface area (Å²) in [5, 5.41) is 2.58. The first-order chi connectivity index (χ1) is 22.2. The highest BCUT2D eigenvalue weighted by molar-refractivity contribution is 7.26. The van der Waals surface area contributed by atoms with Gasteiger partial charge in [0, 0.05) is 20.2 Å². The molecular formula is C43H35NS. The number of fused-ring (bicyclic) bond motifs is 3. The van der Waals surface area contributed by atoms with E-state index < -0.39 is 0 Å². The summed E-state index contributed by atoms with van der Waals surface area (Å²) < 4.78 is 2.58. The maximum atomic E-state index is 5.74. The lowest BCUT2D eigenvalue weighted by Crippen LogP contribution is -1.86. The summed E-state index contributed by atoms with van der Waals surface area (Å²) >= 11 is 1.83. The summed E-state index contributed by atoms with van der Waals surface area (Å²) in [6.07, 6.45) is 20.6. The molecule has 0 unspecified atom stereocenters. The average Bonchev–Trinajstić information content (AvgIpc) is 3.47. The van der Waals surface area contributed by atoms with E-state index in [1.165, 1.54) is 48.0 Å². The topological polar surface area (TPSA) is 26.0 Å². The van der Waals surface area contributed by atoms with Gasteiger partial charge < -0.3 is 5.73 Å². The molecule has 1 heterocycles. The fourth-order valence-corrected chi connectivity index (χ4v) is 6.72. The van der Waals surface area contributed by atoms with Crippen molar-refractivity contribution in [2.24, 2.45) is 5.73 Å². The summed E-state index contributed by atoms with van der Waals surface area (Å²) in [7, 11) is 0. The van der Waals surface area contributed by atoms with Crippen molar-refractivity contribution in [1.82, 2.24) is 0 Å². The molecule has 0 bridgehead atoms. The fourth-order valence-electron chi connectivity index (χ4n) is 5.49. The van der Waals surface area contributed by atoms with Crippen molar-refractivity contribution in [3.8, 4) is 11.1 Å². The van der Waals surface area contributed by atoms with Crippen LogP contribution in [0.3, 0.4) is 0 Å². The maximum absolute atomic E-state index is 5.74. The van der Waals surface area contributed by atoms with Gasteiger partial charge in [-0.25, -0.2) is 0 Å². The second-order valence-corrected chi connectivity index (χ2v) is 11.8. The highest BCUT2D eigenvalue weighted by Gasteiger charge is 2.10. The Morgan fingerprint density at radius 2 is 1.22 bits per heavy atom. The van der Waals surface area contributed by atoms with Crippen molar-refractivity contribution in [2.45, 2.75) is 6.92 Å². The zero-order valence-corrected chi connectivity index (χ0v) is 26.1. The van der Waals surface area contributed by atoms with E-state index >= 15 is 0 Å². The van der Waals surface area contributed by atoms with Crippen LogP contribution in [-0.2, 0) is 0 Å². The van der Waals surface area contributed by atoms with Gasteiger partial charge in [0.25, 0.3) is 0 Å². The van der Waals surface area contributed by atoms with E-state index in [0.29, 0.717) is 0 Å². The number of nitrogens with two attached hydrogens (primary N) is 1. The number of rotatable bonds is 9. The van der Waals surface area contributed by atoms with Gasteiger partial charge in [0.05, 0.1) is 0 Å². The number of hydrogen-bond donors (Lipinski definition) is 1. The number of benzene rings is 5. The quantitative estimate of drug-likeness (QED) is 0.165. The maximum Gasteiger partial charge on any atom is 0.0433 e. The molecule has 0 aliphatic rings. The van der Waals surface area contributed by atoms with Crippen LogP contribution in [0.15, 0.2) is 176 Å². The van der Waals surface area contributed by atoms with Gasteiger partial charge in [0.15, 0.2) is 0 Å². The van der Waals surface area contributed by atoms with Gasteiger partial charge in [-0.2, -0.15) is 0 Å². The van der Waals surface area contributed by atoms with Crippen LogP contribution in [-0.4, -0.2) is 0 Å². The first kappa shape index (κ1) is 29.6. The third-order valence-corrected chi connectivity index (χ3v) is 9.03. The monoisotopic (exact) mass is 597 g/mol. The zero-order valence-electron chi connectivity index (χ0n) is 25.3. The van der Waals surface area contributed by atoms with Gasteiger partial charge in [-0.05, 0) is 69.8 Å². The second kappa shape index (κ2) is 14.4. The molecule has 0 fully saturated rings. The van der Waals surface area contributed by atoms with Crippen molar-refractivity contribution in [3.63, 3.8) is 0 Å². The molecule has 1 aromatic heterocycles. The lowest BCUT2D eigenvalue weighted by atomic mass is 9.98. The standard InChI is InChI=1S/C43H35NS/c1-32-14-8-9-20-38(32)37(30-27-33-25-28-35(29-26-33)34-15-4-2-5-16-34)18-7-3-6-17-36(19-13-31-44)39-22-12-23-41-40-21-10-11-24-42(40)45-43(39)41/h2-31H,44H2,1H3/b7-3+,17-6-,30-27?,31-13?,36-19+,37-18+. The minimum atomic E-state index is 1.11. The first-order valence-corrected chi connectivity index (χ1v) is 16.0. The molecule has 0 saturated carbocycles. The van der Waals surface area contributed by atoms with Gasteiger partial charge in [0.1, 0.15) is 0 Å². The minimum Gasteiger partial charge on any atom is -0.405 e. The average molecular weight is 598 g/mol. The van der Waals surface area contributed by atoms with Gasteiger partial charge in [-0.1, -0.05) is 164 Å². The Labute approximate surface area is 270 Å². The third-order valence-electron chi connectivity index (χ3n) is 7.81. The van der Waals surface area contributed by atoms with Crippen LogP contribution in [0.2, 0.25) is 0 Å². The molecule has 0 radical (unpaired) electrons. The van der Waals surface area contributed by atoms with E-state index in [4.69, 9.17) is 5.73 Å². The predicted molar refractivity (Wildman–Crippen MR) is 199 cm³/mol. The van der Waals surface area contributed by atoms with Crippen LogP contribution in [0.4, 0.5) is 0 Å². The second-order valence-electron chi connectivity index (χ2n) is 10.8. The predicted octanol–water partition coefficient (Wildman–Crippen LogP) is 11.8. The fraction of sp³-hybridized carbons (Fsp3) is 0.0233. The smallest absolute Gasteiger partial charge is 0.0433 e. The molecule has 0 saturated heterocycles. The molecule has 0 amide bonds. The van der Waals surface area contributed by atoms with Gasteiger partial charge in [-0.15, -0.1) is 11.3 Å². The molecular weight excluding hydrogens is 563 g/mol. The Kier molecular flexibility index (Phi) is 9.45. The molecule has 1 nitrogen and oxygen atoms in total. The number of hydrogen-bond acceptors (Lipinski definition) is 2. The normalized spacial score (nSPS) is 13.0. The Bertz CT molecular complexity index is 2100. The molecule has 6 rings (SSSR count). The Morgan fingerprint density at radius 3 is 2.04 bits per heavy atom. The van der Waals surface area contributed by atoms with Crippen LogP contribution in [0.5, 0.6) is 0 Å². The zero-order chi connectivity index (χ0) is 30.8. The summed E-state index contributed by atoms with van der Waals surface area (Å²) in [5.74, 6) is 0. The van der Waals surface area contributed by atoms with E-state index in [1.807, 2.05) is 23.5 Å². The van der Waals surface area contributed by atoms with Crippen LogP contribution in [0.1, 0.15) is 22.3 Å². The van der Waals surface area contributed by atoms with E-state index in [0.717, 1.165) is 16.7 Å². The molecule has 0 atom stereocenters. The molecule has 45 heavy (non-hydrogen) atoms. The lowest BCUT2D eigenvalue weighted by molar-refractivity contribution is 1.43. The Hall–Kier alpha value is -5.44.